The van der Waals surface area contributed by atoms with Gasteiger partial charge in [-0.15, -0.1) is 10.2 Å². The van der Waals surface area contributed by atoms with E-state index >= 15 is 0 Å². The van der Waals surface area contributed by atoms with Crippen LogP contribution in [0.3, 0.4) is 0 Å². The predicted molar refractivity (Wildman–Crippen MR) is 135 cm³/mol. The van der Waals surface area contributed by atoms with Crippen molar-refractivity contribution in [2.24, 2.45) is 0 Å². The van der Waals surface area contributed by atoms with Crippen LogP contribution in [0.2, 0.25) is 0 Å². The Morgan fingerprint density at radius 3 is 2.57 bits per heavy atom. The number of methoxy groups -OCH3 is 1. The lowest BCUT2D eigenvalue weighted by Crippen LogP contribution is -2.41. The maximum Gasteiger partial charge on any atom is 0.240 e. The number of anilines is 1. The Morgan fingerprint density at radius 2 is 1.80 bits per heavy atom. The summed E-state index contributed by atoms with van der Waals surface area (Å²) in [4.78, 5) is 13.5. The zero-order valence-electron chi connectivity index (χ0n) is 19.3. The molecule has 0 saturated heterocycles. The number of aryl methyl sites for hydroxylation is 1. The third-order valence-electron chi connectivity index (χ3n) is 5.65. The summed E-state index contributed by atoms with van der Waals surface area (Å²) in [5.41, 5.74) is 6.27. The number of para-hydroxylation sites is 1. The highest BCUT2D eigenvalue weighted by Crippen LogP contribution is 2.38. The van der Waals surface area contributed by atoms with Crippen molar-refractivity contribution in [3.05, 3.63) is 95.8 Å². The molecule has 35 heavy (non-hydrogen) atoms. The molecule has 0 radical (unpaired) electrons. The molecule has 1 aliphatic rings. The average Bonchev–Trinajstić information content (AvgIpc) is 3.30. The number of nitrogens with one attached hydrogen (secondary N) is 2. The number of rotatable bonds is 7. The number of benzene rings is 3. The van der Waals surface area contributed by atoms with Gasteiger partial charge >= 0.3 is 0 Å². The minimum absolute atomic E-state index is 0.141. The molecular weight excluding hydrogens is 462 g/mol. The lowest BCUT2D eigenvalue weighted by atomic mass is 10.0. The van der Waals surface area contributed by atoms with Gasteiger partial charge in [0.05, 0.1) is 13.2 Å². The highest BCUT2D eigenvalue weighted by Gasteiger charge is 2.38. The second-order valence-electron chi connectivity index (χ2n) is 8.11. The Hall–Kier alpha value is -3.98. The molecule has 0 saturated carbocycles. The summed E-state index contributed by atoms with van der Waals surface area (Å²) in [5, 5.41) is 11.8. The van der Waals surface area contributed by atoms with Gasteiger partial charge in [-0.2, -0.15) is 0 Å². The molecule has 2 heterocycles. The largest absolute Gasteiger partial charge is 0.497 e. The fraction of sp³-hybridized carbons (Fsp3) is 0.192. The molecule has 8 nitrogen and oxygen atoms in total. The van der Waals surface area contributed by atoms with E-state index in [0.717, 1.165) is 16.9 Å². The molecule has 0 spiro atoms. The Labute approximate surface area is 207 Å². The number of nitrogens with zero attached hydrogens (tertiary/aromatic N) is 3. The van der Waals surface area contributed by atoms with Gasteiger partial charge in [0.1, 0.15) is 23.4 Å². The number of fused-ring (bicyclic) bond motifs is 1. The minimum Gasteiger partial charge on any atom is -0.497 e. The van der Waals surface area contributed by atoms with Gasteiger partial charge in [-0.3, -0.25) is 4.79 Å². The maximum atomic E-state index is 13.5. The topological polar surface area (TPSA) is 90.3 Å². The van der Waals surface area contributed by atoms with Gasteiger partial charge in [-0.05, 0) is 36.8 Å². The molecule has 4 aromatic rings. The van der Waals surface area contributed by atoms with E-state index in [1.807, 2.05) is 84.4 Å². The molecular formula is C26H25N5O3S. The van der Waals surface area contributed by atoms with E-state index in [9.17, 15) is 4.79 Å². The number of aromatic nitrogens is 3. The summed E-state index contributed by atoms with van der Waals surface area (Å²) < 4.78 is 13.0. The number of carbonyl (C=O) groups is 1. The van der Waals surface area contributed by atoms with Crippen molar-refractivity contribution in [2.75, 3.05) is 17.9 Å². The highest BCUT2D eigenvalue weighted by molar-refractivity contribution is 8.00. The second kappa shape index (κ2) is 10.1. The first kappa shape index (κ1) is 22.8. The van der Waals surface area contributed by atoms with Crippen LogP contribution in [0.5, 0.6) is 11.5 Å². The molecule has 0 aliphatic carbocycles. The monoisotopic (exact) mass is 487 g/mol. The first-order valence-electron chi connectivity index (χ1n) is 11.2. The lowest BCUT2D eigenvalue weighted by molar-refractivity contribution is -0.116. The summed E-state index contributed by atoms with van der Waals surface area (Å²) in [6.45, 7) is 2.28. The fourth-order valence-electron chi connectivity index (χ4n) is 3.79. The van der Waals surface area contributed by atoms with Crippen LogP contribution in [0.1, 0.15) is 23.0 Å². The van der Waals surface area contributed by atoms with E-state index in [-0.39, 0.29) is 18.6 Å². The first-order valence-corrected chi connectivity index (χ1v) is 12.1. The molecule has 0 bridgehead atoms. The van der Waals surface area contributed by atoms with Crippen LogP contribution in [0.4, 0.5) is 5.69 Å². The van der Waals surface area contributed by atoms with Crippen molar-refractivity contribution in [3.63, 3.8) is 0 Å². The molecule has 2 atom stereocenters. The van der Waals surface area contributed by atoms with E-state index < -0.39 is 5.25 Å². The average molecular weight is 488 g/mol. The first-order chi connectivity index (χ1) is 17.1. The molecule has 2 N–H and O–H groups in total. The van der Waals surface area contributed by atoms with Crippen LogP contribution in [-0.2, 0) is 11.4 Å². The van der Waals surface area contributed by atoms with Crippen molar-refractivity contribution in [1.29, 1.82) is 0 Å². The Morgan fingerprint density at radius 1 is 1.03 bits per heavy atom. The van der Waals surface area contributed by atoms with Crippen LogP contribution >= 0.6 is 11.8 Å². The van der Waals surface area contributed by atoms with Gasteiger partial charge in [-0.25, -0.2) is 4.68 Å². The molecule has 1 aliphatic heterocycles. The van der Waals surface area contributed by atoms with Gasteiger partial charge < -0.3 is 20.2 Å². The van der Waals surface area contributed by atoms with E-state index in [4.69, 9.17) is 9.47 Å². The zero-order valence-corrected chi connectivity index (χ0v) is 20.2. The highest BCUT2D eigenvalue weighted by atomic mass is 32.2. The third-order valence-corrected chi connectivity index (χ3v) is 6.86. The Balaban J connectivity index is 1.41. The number of hydrogen-bond acceptors (Lipinski definition) is 7. The van der Waals surface area contributed by atoms with E-state index in [2.05, 4.69) is 20.9 Å². The van der Waals surface area contributed by atoms with Crippen LogP contribution in [0.15, 0.2) is 84.0 Å². The van der Waals surface area contributed by atoms with Gasteiger partial charge in [0.25, 0.3) is 0 Å². The number of amides is 1. The SMILES string of the molecule is COc1cccc(NC(=O)[C@H]2Sc3nnc(COc4ccccc4)n3N[C@H]2c2ccc(C)cc2)c1. The summed E-state index contributed by atoms with van der Waals surface area (Å²) >= 11 is 1.37. The van der Waals surface area contributed by atoms with Crippen molar-refractivity contribution < 1.29 is 14.3 Å². The third kappa shape index (κ3) is 5.09. The summed E-state index contributed by atoms with van der Waals surface area (Å²) in [6.07, 6.45) is 0. The fourth-order valence-corrected chi connectivity index (χ4v) is 4.89. The summed E-state index contributed by atoms with van der Waals surface area (Å²) in [6, 6.07) is 24.7. The number of thioether (sulfide) groups is 1. The van der Waals surface area contributed by atoms with Crippen molar-refractivity contribution >= 4 is 23.4 Å². The van der Waals surface area contributed by atoms with Crippen LogP contribution < -0.4 is 20.2 Å². The normalized spacial score (nSPS) is 16.6. The Bertz CT molecular complexity index is 1310. The number of ether oxygens (including phenoxy) is 2. The van der Waals surface area contributed by atoms with E-state index in [1.165, 1.54) is 11.8 Å². The van der Waals surface area contributed by atoms with Crippen LogP contribution in [0.25, 0.3) is 0 Å². The van der Waals surface area contributed by atoms with Crippen molar-refractivity contribution in [3.8, 4) is 11.5 Å². The molecule has 1 amide bonds. The van der Waals surface area contributed by atoms with Crippen LogP contribution in [-0.4, -0.2) is 33.1 Å². The summed E-state index contributed by atoms with van der Waals surface area (Å²) in [5.74, 6) is 1.91. The van der Waals surface area contributed by atoms with E-state index in [1.54, 1.807) is 13.2 Å². The summed E-state index contributed by atoms with van der Waals surface area (Å²) in [7, 11) is 1.60. The number of carbonyl (C=O) groups excluding carboxylic acids is 1. The minimum atomic E-state index is -0.483. The molecule has 1 aromatic heterocycles. The molecule has 3 aromatic carbocycles. The van der Waals surface area contributed by atoms with Crippen molar-refractivity contribution in [2.45, 2.75) is 30.0 Å². The standard InChI is InChI=1S/C26H25N5O3S/c1-17-11-13-18(14-12-17)23-24(25(32)27-19-7-6-10-21(15-19)33-2)35-26-29-28-22(31(26)30-23)16-34-20-8-4-3-5-9-20/h3-15,23-24,30H,16H2,1-2H3,(H,27,32)/t23-,24-/m0/s1. The lowest BCUT2D eigenvalue weighted by Gasteiger charge is -2.33. The maximum absolute atomic E-state index is 13.5. The number of hydrogen-bond donors (Lipinski definition) is 2. The predicted octanol–water partition coefficient (Wildman–Crippen LogP) is 4.57. The van der Waals surface area contributed by atoms with E-state index in [0.29, 0.717) is 22.4 Å². The smallest absolute Gasteiger partial charge is 0.240 e. The van der Waals surface area contributed by atoms with Gasteiger partial charge in [0.15, 0.2) is 5.82 Å². The molecule has 5 rings (SSSR count). The molecule has 0 unspecified atom stereocenters. The quantitative estimate of drug-likeness (QED) is 0.395. The van der Waals surface area contributed by atoms with Gasteiger partial charge in [0.2, 0.25) is 11.1 Å². The molecule has 9 heteroatoms. The Kier molecular flexibility index (Phi) is 6.58. The molecule has 0 fully saturated rings. The second-order valence-corrected chi connectivity index (χ2v) is 9.22. The van der Waals surface area contributed by atoms with Gasteiger partial charge in [-0.1, -0.05) is 65.9 Å². The molecule has 178 valence electrons. The zero-order chi connectivity index (χ0) is 24.2. The van der Waals surface area contributed by atoms with Crippen LogP contribution in [0, 0.1) is 6.92 Å². The van der Waals surface area contributed by atoms with Crippen molar-refractivity contribution in [1.82, 2.24) is 14.9 Å². The van der Waals surface area contributed by atoms with Gasteiger partial charge in [0, 0.05) is 11.8 Å².